The SMILES string of the molecule is COc1ccc(CCC=C=C2CCC3(CC2)OCCO3)cc1. The van der Waals surface area contributed by atoms with Gasteiger partial charge in [0.25, 0.3) is 0 Å². The van der Waals surface area contributed by atoms with E-state index >= 15 is 0 Å². The maximum absolute atomic E-state index is 5.75. The van der Waals surface area contributed by atoms with Crippen molar-refractivity contribution in [2.45, 2.75) is 44.3 Å². The molecule has 1 saturated carbocycles. The standard InChI is InChI=1S/C19H24O3/c1-20-18-8-6-16(7-9-18)4-2-3-5-17-10-12-19(13-11-17)21-14-15-22-19/h3,6-9H,2,4,10-15H2,1H3. The molecule has 3 nitrogen and oxygen atoms in total. The van der Waals surface area contributed by atoms with Gasteiger partial charge in [0, 0.05) is 12.8 Å². The topological polar surface area (TPSA) is 27.7 Å². The summed E-state index contributed by atoms with van der Waals surface area (Å²) in [5.74, 6) is 0.641. The second-order valence-electron chi connectivity index (χ2n) is 5.95. The van der Waals surface area contributed by atoms with Crippen molar-refractivity contribution in [3.05, 3.63) is 47.2 Å². The Labute approximate surface area is 132 Å². The molecule has 1 aromatic rings. The second kappa shape index (κ2) is 7.15. The third-order valence-corrected chi connectivity index (χ3v) is 4.47. The van der Waals surface area contributed by atoms with E-state index < -0.39 is 0 Å². The highest BCUT2D eigenvalue weighted by atomic mass is 16.7. The summed E-state index contributed by atoms with van der Waals surface area (Å²) in [6, 6.07) is 8.28. The van der Waals surface area contributed by atoms with Crippen LogP contribution in [0.4, 0.5) is 0 Å². The molecule has 0 aromatic heterocycles. The van der Waals surface area contributed by atoms with Crippen LogP contribution < -0.4 is 4.74 Å². The lowest BCUT2D eigenvalue weighted by Gasteiger charge is -2.31. The van der Waals surface area contributed by atoms with E-state index in [0.29, 0.717) is 0 Å². The van der Waals surface area contributed by atoms with Crippen LogP contribution in [-0.4, -0.2) is 26.1 Å². The van der Waals surface area contributed by atoms with Crippen molar-refractivity contribution in [2.24, 2.45) is 0 Å². The summed E-state index contributed by atoms with van der Waals surface area (Å²) in [7, 11) is 1.69. The fraction of sp³-hybridized carbons (Fsp3) is 0.526. The Balaban J connectivity index is 1.47. The monoisotopic (exact) mass is 300 g/mol. The summed E-state index contributed by atoms with van der Waals surface area (Å²) in [6.07, 6.45) is 8.27. The molecule has 22 heavy (non-hydrogen) atoms. The zero-order valence-corrected chi connectivity index (χ0v) is 13.3. The van der Waals surface area contributed by atoms with Crippen molar-refractivity contribution in [3.8, 4) is 5.75 Å². The summed E-state index contributed by atoms with van der Waals surface area (Å²) < 4.78 is 16.7. The lowest BCUT2D eigenvalue weighted by molar-refractivity contribution is -0.171. The molecule has 2 fully saturated rings. The maximum Gasteiger partial charge on any atom is 0.169 e. The van der Waals surface area contributed by atoms with Crippen molar-refractivity contribution in [3.63, 3.8) is 0 Å². The zero-order valence-electron chi connectivity index (χ0n) is 13.3. The Bertz CT molecular complexity index is 535. The molecule has 3 heteroatoms. The van der Waals surface area contributed by atoms with Gasteiger partial charge in [0.15, 0.2) is 5.79 Å². The first-order valence-electron chi connectivity index (χ1n) is 8.13. The van der Waals surface area contributed by atoms with Crippen LogP contribution in [0.1, 0.15) is 37.7 Å². The van der Waals surface area contributed by atoms with Gasteiger partial charge in [0.1, 0.15) is 5.75 Å². The van der Waals surface area contributed by atoms with Crippen molar-refractivity contribution < 1.29 is 14.2 Å². The van der Waals surface area contributed by atoms with Crippen LogP contribution in [0.3, 0.4) is 0 Å². The van der Waals surface area contributed by atoms with Gasteiger partial charge in [0.05, 0.1) is 20.3 Å². The van der Waals surface area contributed by atoms with Crippen LogP contribution in [0.5, 0.6) is 5.75 Å². The lowest BCUT2D eigenvalue weighted by atomic mass is 9.90. The highest BCUT2D eigenvalue weighted by Crippen LogP contribution is 2.37. The molecule has 1 aromatic carbocycles. The highest BCUT2D eigenvalue weighted by Gasteiger charge is 2.38. The fourth-order valence-corrected chi connectivity index (χ4v) is 3.11. The molecule has 0 amide bonds. The molecule has 0 atom stereocenters. The lowest BCUT2D eigenvalue weighted by Crippen LogP contribution is -2.32. The van der Waals surface area contributed by atoms with Gasteiger partial charge in [-0.2, -0.15) is 0 Å². The Hall–Kier alpha value is -1.54. The maximum atomic E-state index is 5.75. The predicted molar refractivity (Wildman–Crippen MR) is 86.0 cm³/mol. The minimum absolute atomic E-state index is 0.270. The Morgan fingerprint density at radius 2 is 1.82 bits per heavy atom. The number of aryl methyl sites for hydroxylation is 1. The van der Waals surface area contributed by atoms with Crippen LogP contribution in [0.25, 0.3) is 0 Å². The summed E-state index contributed by atoms with van der Waals surface area (Å²) in [5, 5.41) is 0. The van der Waals surface area contributed by atoms with Gasteiger partial charge in [-0.25, -0.2) is 0 Å². The van der Waals surface area contributed by atoms with Gasteiger partial charge >= 0.3 is 0 Å². The minimum Gasteiger partial charge on any atom is -0.497 e. The average Bonchev–Trinajstić information content (AvgIpc) is 3.02. The zero-order chi connectivity index (χ0) is 15.3. The first-order valence-corrected chi connectivity index (χ1v) is 8.13. The van der Waals surface area contributed by atoms with Crippen molar-refractivity contribution in [1.29, 1.82) is 0 Å². The number of allylic oxidation sites excluding steroid dienone is 1. The van der Waals surface area contributed by atoms with Crippen molar-refractivity contribution in [2.75, 3.05) is 20.3 Å². The number of hydrogen-bond acceptors (Lipinski definition) is 3. The molecule has 118 valence electrons. The number of benzene rings is 1. The third kappa shape index (κ3) is 3.80. The molecular formula is C19H24O3. The number of methoxy groups -OCH3 is 1. The predicted octanol–water partition coefficient (Wildman–Crippen LogP) is 4.03. The van der Waals surface area contributed by atoms with Crippen LogP contribution >= 0.6 is 0 Å². The van der Waals surface area contributed by atoms with Gasteiger partial charge in [0.2, 0.25) is 0 Å². The largest absolute Gasteiger partial charge is 0.497 e. The molecule has 0 bridgehead atoms. The Kier molecular flexibility index (Phi) is 4.99. The van der Waals surface area contributed by atoms with Crippen LogP contribution in [0.2, 0.25) is 0 Å². The molecule has 0 N–H and O–H groups in total. The van der Waals surface area contributed by atoms with E-state index in [1.165, 1.54) is 11.1 Å². The number of ether oxygens (including phenoxy) is 3. The van der Waals surface area contributed by atoms with E-state index in [4.69, 9.17) is 14.2 Å². The molecule has 0 radical (unpaired) electrons. The van der Waals surface area contributed by atoms with E-state index in [-0.39, 0.29) is 5.79 Å². The molecule has 3 rings (SSSR count). The molecule has 1 heterocycles. The second-order valence-corrected chi connectivity index (χ2v) is 5.95. The first-order chi connectivity index (χ1) is 10.8. The van der Waals surface area contributed by atoms with E-state index in [2.05, 4.69) is 23.9 Å². The highest BCUT2D eigenvalue weighted by molar-refractivity contribution is 5.27. The Morgan fingerprint density at radius 1 is 1.14 bits per heavy atom. The van der Waals surface area contributed by atoms with Crippen LogP contribution in [0, 0.1) is 0 Å². The third-order valence-electron chi connectivity index (χ3n) is 4.47. The van der Waals surface area contributed by atoms with Gasteiger partial charge < -0.3 is 14.2 Å². The quantitative estimate of drug-likeness (QED) is 0.786. The van der Waals surface area contributed by atoms with E-state index in [1.807, 2.05) is 12.1 Å². The summed E-state index contributed by atoms with van der Waals surface area (Å²) in [6.45, 7) is 1.49. The fourth-order valence-electron chi connectivity index (χ4n) is 3.11. The van der Waals surface area contributed by atoms with E-state index in [0.717, 1.165) is 57.5 Å². The van der Waals surface area contributed by atoms with Gasteiger partial charge in [-0.1, -0.05) is 12.1 Å². The molecule has 1 saturated heterocycles. The molecule has 1 aliphatic heterocycles. The van der Waals surface area contributed by atoms with Gasteiger partial charge in [-0.05, 0) is 55.0 Å². The summed E-state index contributed by atoms with van der Waals surface area (Å²) in [5.41, 5.74) is 6.21. The molecule has 1 aliphatic carbocycles. The van der Waals surface area contributed by atoms with Gasteiger partial charge in [-0.15, -0.1) is 5.73 Å². The number of rotatable bonds is 4. The van der Waals surface area contributed by atoms with E-state index in [9.17, 15) is 0 Å². The van der Waals surface area contributed by atoms with Gasteiger partial charge in [-0.3, -0.25) is 0 Å². The summed E-state index contributed by atoms with van der Waals surface area (Å²) in [4.78, 5) is 0. The minimum atomic E-state index is -0.270. The smallest absolute Gasteiger partial charge is 0.169 e. The normalized spacial score (nSPS) is 20.0. The molecule has 2 aliphatic rings. The van der Waals surface area contributed by atoms with Crippen molar-refractivity contribution >= 4 is 0 Å². The number of hydrogen-bond donors (Lipinski definition) is 0. The average molecular weight is 300 g/mol. The van der Waals surface area contributed by atoms with Crippen LogP contribution in [-0.2, 0) is 15.9 Å². The Morgan fingerprint density at radius 3 is 2.45 bits per heavy atom. The van der Waals surface area contributed by atoms with E-state index in [1.54, 1.807) is 7.11 Å². The van der Waals surface area contributed by atoms with Crippen molar-refractivity contribution in [1.82, 2.24) is 0 Å². The molecular weight excluding hydrogens is 276 g/mol. The van der Waals surface area contributed by atoms with Crippen LogP contribution in [0.15, 0.2) is 41.6 Å². The molecule has 0 unspecified atom stereocenters. The summed E-state index contributed by atoms with van der Waals surface area (Å²) >= 11 is 0. The first kappa shape index (κ1) is 15.4. The molecule has 1 spiro atoms.